The van der Waals surface area contributed by atoms with E-state index in [0.717, 1.165) is 5.56 Å². The van der Waals surface area contributed by atoms with Gasteiger partial charge in [-0.05, 0) is 6.07 Å². The Labute approximate surface area is 104 Å². The summed E-state index contributed by atoms with van der Waals surface area (Å²) in [6.45, 7) is 0.122. The number of hydrogen-bond donors (Lipinski definition) is 1. The lowest BCUT2D eigenvalue weighted by Crippen LogP contribution is -2.25. The second-order valence-electron chi connectivity index (χ2n) is 3.81. The highest BCUT2D eigenvalue weighted by atomic mass is 16.5. The third kappa shape index (κ3) is 2.88. The number of rotatable bonds is 4. The minimum atomic E-state index is -0.428. The molecule has 0 fully saturated rings. The number of para-hydroxylation sites is 1. The average molecular weight is 247 g/mol. The Kier molecular flexibility index (Phi) is 3.62. The Morgan fingerprint density at radius 3 is 2.89 bits per heavy atom. The van der Waals surface area contributed by atoms with Gasteiger partial charge in [-0.25, -0.2) is 4.79 Å². The van der Waals surface area contributed by atoms with Crippen molar-refractivity contribution in [2.24, 2.45) is 0 Å². The molecule has 0 unspecified atom stereocenters. The van der Waals surface area contributed by atoms with Gasteiger partial charge in [-0.15, -0.1) is 0 Å². The quantitative estimate of drug-likeness (QED) is 0.799. The highest BCUT2D eigenvalue weighted by Crippen LogP contribution is 2.17. The van der Waals surface area contributed by atoms with E-state index in [2.05, 4.69) is 5.32 Å². The van der Waals surface area contributed by atoms with Crippen molar-refractivity contribution in [3.63, 3.8) is 0 Å². The van der Waals surface area contributed by atoms with Crippen molar-refractivity contribution in [1.82, 2.24) is 5.32 Å². The highest BCUT2D eigenvalue weighted by molar-refractivity contribution is 5.88. The summed E-state index contributed by atoms with van der Waals surface area (Å²) in [7, 11) is 1.56. The third-order valence-corrected chi connectivity index (χ3v) is 2.51. The topological polar surface area (TPSA) is 64.6 Å². The van der Waals surface area contributed by atoms with Crippen LogP contribution in [0.25, 0.3) is 0 Å². The summed E-state index contributed by atoms with van der Waals surface area (Å²) in [5, 5.41) is 2.63. The van der Waals surface area contributed by atoms with Crippen LogP contribution in [0, 0.1) is 0 Å². The van der Waals surface area contributed by atoms with E-state index < -0.39 is 5.97 Å². The smallest absolute Gasteiger partial charge is 0.333 e. The summed E-state index contributed by atoms with van der Waals surface area (Å²) >= 11 is 0. The van der Waals surface area contributed by atoms with E-state index >= 15 is 0 Å². The molecule has 1 amide bonds. The molecule has 1 aromatic carbocycles. The molecule has 0 bridgehead atoms. The predicted octanol–water partition coefficient (Wildman–Crippen LogP) is 0.795. The molecule has 0 atom stereocenters. The number of benzene rings is 1. The van der Waals surface area contributed by atoms with Crippen molar-refractivity contribution in [2.75, 3.05) is 13.7 Å². The van der Waals surface area contributed by atoms with Gasteiger partial charge in [0.25, 0.3) is 0 Å². The number of carbonyl (C=O) groups excluding carboxylic acids is 2. The summed E-state index contributed by atoms with van der Waals surface area (Å²) in [4.78, 5) is 22.6. The molecule has 1 aliphatic heterocycles. The zero-order valence-electron chi connectivity index (χ0n) is 9.93. The Morgan fingerprint density at radius 2 is 2.22 bits per heavy atom. The molecule has 0 radical (unpaired) electrons. The summed E-state index contributed by atoms with van der Waals surface area (Å²) in [6.07, 6.45) is 1.47. The largest absolute Gasteiger partial charge is 0.496 e. The third-order valence-electron chi connectivity index (χ3n) is 2.51. The molecule has 1 aliphatic rings. The minimum Gasteiger partial charge on any atom is -0.496 e. The Morgan fingerprint density at radius 1 is 1.44 bits per heavy atom. The second kappa shape index (κ2) is 5.35. The molecule has 2 rings (SSSR count). The van der Waals surface area contributed by atoms with Gasteiger partial charge in [0.05, 0.1) is 19.2 Å². The van der Waals surface area contributed by atoms with Crippen LogP contribution in [0.4, 0.5) is 0 Å². The summed E-state index contributed by atoms with van der Waals surface area (Å²) in [5.74, 6) is 0.0343. The van der Waals surface area contributed by atoms with Crippen LogP contribution in [0.15, 0.2) is 36.0 Å². The van der Waals surface area contributed by atoms with Crippen LogP contribution in [-0.4, -0.2) is 25.6 Å². The zero-order valence-corrected chi connectivity index (χ0v) is 9.93. The predicted molar refractivity (Wildman–Crippen MR) is 63.9 cm³/mol. The number of cyclic esters (lactones) is 1. The normalized spacial score (nSPS) is 13.8. The van der Waals surface area contributed by atoms with Crippen LogP contribution in [0.1, 0.15) is 5.56 Å². The van der Waals surface area contributed by atoms with E-state index in [-0.39, 0.29) is 18.9 Å². The first kappa shape index (κ1) is 12.2. The van der Waals surface area contributed by atoms with Crippen LogP contribution in [0.5, 0.6) is 5.75 Å². The van der Waals surface area contributed by atoms with Gasteiger partial charge in [0.1, 0.15) is 12.4 Å². The molecule has 0 aliphatic carbocycles. The van der Waals surface area contributed by atoms with Gasteiger partial charge in [0.15, 0.2) is 0 Å². The lowest BCUT2D eigenvalue weighted by molar-refractivity contribution is -0.135. The summed E-state index contributed by atoms with van der Waals surface area (Å²) in [6, 6.07) is 7.30. The van der Waals surface area contributed by atoms with Gasteiger partial charge in [-0.3, -0.25) is 4.79 Å². The molecule has 1 aromatic rings. The number of carbonyl (C=O) groups is 2. The van der Waals surface area contributed by atoms with Gasteiger partial charge >= 0.3 is 5.97 Å². The Hall–Kier alpha value is -2.30. The maximum absolute atomic E-state index is 11.8. The maximum atomic E-state index is 11.8. The molecule has 1 N–H and O–H groups in total. The molecule has 1 heterocycles. The molecule has 5 nitrogen and oxygen atoms in total. The van der Waals surface area contributed by atoms with E-state index in [4.69, 9.17) is 9.47 Å². The van der Waals surface area contributed by atoms with Gasteiger partial charge in [-0.2, -0.15) is 0 Å². The van der Waals surface area contributed by atoms with Gasteiger partial charge in [-0.1, -0.05) is 18.2 Å². The number of nitrogens with one attached hydrogen (secondary N) is 1. The monoisotopic (exact) mass is 247 g/mol. The molecule has 0 aromatic heterocycles. The molecule has 5 heteroatoms. The van der Waals surface area contributed by atoms with Gasteiger partial charge in [0.2, 0.25) is 5.91 Å². The molecule has 94 valence electrons. The fourth-order valence-corrected chi connectivity index (χ4v) is 1.69. The van der Waals surface area contributed by atoms with Crippen molar-refractivity contribution in [1.29, 1.82) is 0 Å². The first-order valence-electron chi connectivity index (χ1n) is 5.48. The fraction of sp³-hybridized carbons (Fsp3) is 0.231. The first-order chi connectivity index (χ1) is 8.69. The lowest BCUT2D eigenvalue weighted by Gasteiger charge is -2.08. The van der Waals surface area contributed by atoms with Crippen LogP contribution >= 0.6 is 0 Å². The lowest BCUT2D eigenvalue weighted by atomic mass is 10.1. The molecule has 0 spiro atoms. The minimum absolute atomic E-state index is 0.122. The van der Waals surface area contributed by atoms with Crippen molar-refractivity contribution in [2.45, 2.75) is 6.42 Å². The molecule has 0 saturated heterocycles. The van der Waals surface area contributed by atoms with E-state index in [1.807, 2.05) is 18.2 Å². The summed E-state index contributed by atoms with van der Waals surface area (Å²) < 4.78 is 9.85. The Balaban J connectivity index is 1.99. The van der Waals surface area contributed by atoms with Crippen LogP contribution < -0.4 is 10.1 Å². The molecule has 18 heavy (non-hydrogen) atoms. The van der Waals surface area contributed by atoms with Crippen LogP contribution in [-0.2, 0) is 20.7 Å². The van der Waals surface area contributed by atoms with Crippen molar-refractivity contribution in [3.8, 4) is 5.75 Å². The SMILES string of the molecule is COc1ccccc1CC(=O)NC1=CC(=O)OC1. The molecular weight excluding hydrogens is 234 g/mol. The van der Waals surface area contributed by atoms with Crippen molar-refractivity contribution in [3.05, 3.63) is 41.6 Å². The zero-order chi connectivity index (χ0) is 13.0. The van der Waals surface area contributed by atoms with E-state index in [0.29, 0.717) is 11.4 Å². The van der Waals surface area contributed by atoms with E-state index in [9.17, 15) is 9.59 Å². The van der Waals surface area contributed by atoms with Crippen molar-refractivity contribution >= 4 is 11.9 Å². The number of ether oxygens (including phenoxy) is 2. The van der Waals surface area contributed by atoms with Gasteiger partial charge in [0, 0.05) is 11.6 Å². The molecule has 0 saturated carbocycles. The maximum Gasteiger partial charge on any atom is 0.333 e. The average Bonchev–Trinajstić information content (AvgIpc) is 2.75. The van der Waals surface area contributed by atoms with Crippen molar-refractivity contribution < 1.29 is 19.1 Å². The van der Waals surface area contributed by atoms with E-state index in [1.165, 1.54) is 6.08 Å². The molecular formula is C13H13NO4. The number of methoxy groups -OCH3 is 1. The standard InChI is InChI=1S/C13H13NO4/c1-17-11-5-3-2-4-9(11)6-12(15)14-10-7-13(16)18-8-10/h2-5,7H,6,8H2,1H3,(H,14,15). The van der Waals surface area contributed by atoms with E-state index in [1.54, 1.807) is 13.2 Å². The Bertz CT molecular complexity index is 507. The number of amides is 1. The second-order valence-corrected chi connectivity index (χ2v) is 3.81. The van der Waals surface area contributed by atoms with Crippen LogP contribution in [0.3, 0.4) is 0 Å². The number of hydrogen-bond acceptors (Lipinski definition) is 4. The number of esters is 1. The van der Waals surface area contributed by atoms with Gasteiger partial charge < -0.3 is 14.8 Å². The fourth-order valence-electron chi connectivity index (χ4n) is 1.69. The highest BCUT2D eigenvalue weighted by Gasteiger charge is 2.16. The summed E-state index contributed by atoms with van der Waals surface area (Å²) in [5.41, 5.74) is 1.28. The van der Waals surface area contributed by atoms with Crippen LogP contribution in [0.2, 0.25) is 0 Å². The first-order valence-corrected chi connectivity index (χ1v) is 5.48.